The summed E-state index contributed by atoms with van der Waals surface area (Å²) in [5.41, 5.74) is 5.29. The first kappa shape index (κ1) is 17.7. The molecule has 1 fully saturated rings. The zero-order valence-corrected chi connectivity index (χ0v) is 14.5. The monoisotopic (exact) mass is 335 g/mol. The molecule has 1 aromatic heterocycles. The zero-order valence-electron chi connectivity index (χ0n) is 13.7. The number of nitrogens with two attached hydrogens (primary N) is 1. The lowest BCUT2D eigenvalue weighted by atomic mass is 9.87. The van der Waals surface area contributed by atoms with Crippen molar-refractivity contribution in [3.8, 4) is 0 Å². The molecule has 0 radical (unpaired) electrons. The van der Waals surface area contributed by atoms with Crippen LogP contribution in [0.5, 0.6) is 0 Å². The number of carbonyl (C=O) groups excluding carboxylic acids is 2. The van der Waals surface area contributed by atoms with Crippen LogP contribution < -0.4 is 5.73 Å². The number of hydrogen-bond donors (Lipinski definition) is 1. The van der Waals surface area contributed by atoms with Gasteiger partial charge in [-0.1, -0.05) is 32.1 Å². The second-order valence-corrected chi connectivity index (χ2v) is 7.40. The Balaban J connectivity index is 1.91. The molecule has 0 spiro atoms. The Morgan fingerprint density at radius 3 is 2.74 bits per heavy atom. The molecule has 2 amide bonds. The summed E-state index contributed by atoms with van der Waals surface area (Å²) in [5.74, 6) is 0.0368. The largest absolute Gasteiger partial charge is 0.368 e. The van der Waals surface area contributed by atoms with E-state index < -0.39 is 5.91 Å². The summed E-state index contributed by atoms with van der Waals surface area (Å²) in [7, 11) is 0. The van der Waals surface area contributed by atoms with Gasteiger partial charge in [0.2, 0.25) is 11.8 Å². The van der Waals surface area contributed by atoms with Crippen molar-refractivity contribution < 1.29 is 9.59 Å². The minimum atomic E-state index is -0.468. The van der Waals surface area contributed by atoms with E-state index in [-0.39, 0.29) is 12.5 Å². The lowest BCUT2D eigenvalue weighted by Gasteiger charge is -2.25. The maximum absolute atomic E-state index is 12.3. The Bertz CT molecular complexity index is 562. The van der Waals surface area contributed by atoms with E-state index in [2.05, 4.69) is 4.98 Å². The molecule has 2 N–H and O–H groups in total. The second kappa shape index (κ2) is 8.82. The van der Waals surface area contributed by atoms with Crippen LogP contribution in [0.3, 0.4) is 0 Å². The molecule has 0 unspecified atom stereocenters. The van der Waals surface area contributed by atoms with Gasteiger partial charge in [0, 0.05) is 23.7 Å². The number of carbonyl (C=O) groups is 2. The van der Waals surface area contributed by atoms with Gasteiger partial charge in [0.05, 0.1) is 11.6 Å². The van der Waals surface area contributed by atoms with Crippen molar-refractivity contribution in [3.63, 3.8) is 0 Å². The van der Waals surface area contributed by atoms with E-state index in [0.717, 1.165) is 16.3 Å². The van der Waals surface area contributed by atoms with Crippen LogP contribution in [0.25, 0.3) is 6.08 Å². The summed E-state index contributed by atoms with van der Waals surface area (Å²) < 4.78 is 0. The average molecular weight is 335 g/mol. The first-order chi connectivity index (χ1) is 11.0. The van der Waals surface area contributed by atoms with Gasteiger partial charge in [0.25, 0.3) is 0 Å². The second-order valence-electron chi connectivity index (χ2n) is 6.13. The van der Waals surface area contributed by atoms with Crippen LogP contribution in [-0.2, 0) is 9.59 Å². The number of nitrogens with zero attached hydrogens (tertiary/aromatic N) is 2. The van der Waals surface area contributed by atoms with Crippen LogP contribution in [0, 0.1) is 12.8 Å². The number of aromatic nitrogens is 1. The van der Waals surface area contributed by atoms with Crippen LogP contribution >= 0.6 is 11.3 Å². The minimum absolute atomic E-state index is 0.0163. The Morgan fingerprint density at radius 1 is 1.39 bits per heavy atom. The summed E-state index contributed by atoms with van der Waals surface area (Å²) in [4.78, 5) is 30.2. The Hall–Kier alpha value is -1.69. The van der Waals surface area contributed by atoms with Gasteiger partial charge in [-0.3, -0.25) is 9.59 Å². The first-order valence-electron chi connectivity index (χ1n) is 8.22. The molecule has 1 aliphatic carbocycles. The average Bonchev–Trinajstić information content (AvgIpc) is 2.95. The topological polar surface area (TPSA) is 76.3 Å². The van der Waals surface area contributed by atoms with Gasteiger partial charge in [-0.05, 0) is 25.3 Å². The number of amides is 2. The van der Waals surface area contributed by atoms with Crippen LogP contribution in [0.15, 0.2) is 12.3 Å². The molecule has 1 aliphatic rings. The van der Waals surface area contributed by atoms with E-state index in [0.29, 0.717) is 12.5 Å². The summed E-state index contributed by atoms with van der Waals surface area (Å²) in [6.45, 7) is 2.50. The highest BCUT2D eigenvalue weighted by atomic mass is 32.1. The quantitative estimate of drug-likeness (QED) is 0.778. The van der Waals surface area contributed by atoms with Crippen molar-refractivity contribution in [1.82, 2.24) is 9.88 Å². The lowest BCUT2D eigenvalue weighted by Crippen LogP contribution is -2.38. The van der Waals surface area contributed by atoms with Crippen LogP contribution in [0.2, 0.25) is 0 Å². The first-order valence-corrected chi connectivity index (χ1v) is 9.04. The molecule has 1 saturated carbocycles. The molecule has 0 bridgehead atoms. The summed E-state index contributed by atoms with van der Waals surface area (Å²) in [6, 6.07) is 0. The van der Waals surface area contributed by atoms with Crippen molar-refractivity contribution in [2.75, 3.05) is 13.1 Å². The number of thiazole rings is 1. The maximum Gasteiger partial charge on any atom is 0.247 e. The Kier molecular flexibility index (Phi) is 6.77. The van der Waals surface area contributed by atoms with E-state index >= 15 is 0 Å². The van der Waals surface area contributed by atoms with Gasteiger partial charge in [0.15, 0.2) is 0 Å². The van der Waals surface area contributed by atoms with Gasteiger partial charge in [-0.15, -0.1) is 11.3 Å². The third-order valence-corrected chi connectivity index (χ3v) is 5.10. The van der Waals surface area contributed by atoms with Crippen LogP contribution in [-0.4, -0.2) is 34.8 Å². The summed E-state index contributed by atoms with van der Waals surface area (Å²) >= 11 is 1.53. The molecule has 5 nitrogen and oxygen atoms in total. The van der Waals surface area contributed by atoms with E-state index in [1.54, 1.807) is 17.2 Å². The molecule has 0 saturated heterocycles. The fourth-order valence-corrected chi connectivity index (χ4v) is 3.67. The maximum atomic E-state index is 12.3. The predicted molar refractivity (Wildman–Crippen MR) is 92.9 cm³/mol. The Labute approximate surface area is 141 Å². The third kappa shape index (κ3) is 6.14. The molecule has 0 aliphatic heterocycles. The fraction of sp³-hybridized carbons (Fsp3) is 0.588. The predicted octanol–water partition coefficient (Wildman–Crippen LogP) is 2.75. The van der Waals surface area contributed by atoms with Crippen molar-refractivity contribution in [1.29, 1.82) is 0 Å². The Morgan fingerprint density at radius 2 is 2.13 bits per heavy atom. The van der Waals surface area contributed by atoms with Gasteiger partial charge in [0.1, 0.15) is 0 Å². The number of aryl methyl sites for hydroxylation is 1. The standard InChI is InChI=1S/C17H25N3O2S/c1-13-19-11-15(23-13)7-8-17(22)20(12-16(18)21)10-9-14-5-3-2-4-6-14/h7-8,11,14H,2-6,9-10,12H2,1H3,(H2,18,21)/b8-7-. The van der Waals surface area contributed by atoms with Gasteiger partial charge >= 0.3 is 0 Å². The van der Waals surface area contributed by atoms with Gasteiger partial charge in [-0.25, -0.2) is 4.98 Å². The van der Waals surface area contributed by atoms with Crippen molar-refractivity contribution in [2.24, 2.45) is 11.7 Å². The molecular weight excluding hydrogens is 310 g/mol. The van der Waals surface area contributed by atoms with Gasteiger partial charge in [-0.2, -0.15) is 0 Å². The van der Waals surface area contributed by atoms with Gasteiger partial charge < -0.3 is 10.6 Å². The number of rotatable bonds is 7. The summed E-state index contributed by atoms with van der Waals surface area (Å²) in [5, 5.41) is 0.961. The highest BCUT2D eigenvalue weighted by Gasteiger charge is 2.18. The van der Waals surface area contributed by atoms with E-state index in [1.807, 2.05) is 6.92 Å². The van der Waals surface area contributed by atoms with Crippen molar-refractivity contribution in [3.05, 3.63) is 22.2 Å². The molecule has 1 heterocycles. The van der Waals surface area contributed by atoms with Crippen LogP contribution in [0.1, 0.15) is 48.4 Å². The van der Waals surface area contributed by atoms with Crippen molar-refractivity contribution >= 4 is 29.2 Å². The van der Waals surface area contributed by atoms with E-state index in [9.17, 15) is 9.59 Å². The zero-order chi connectivity index (χ0) is 16.7. The molecule has 6 heteroatoms. The highest BCUT2D eigenvalue weighted by molar-refractivity contribution is 7.12. The molecule has 126 valence electrons. The number of primary amides is 1. The lowest BCUT2D eigenvalue weighted by molar-refractivity contribution is -0.131. The van der Waals surface area contributed by atoms with E-state index in [4.69, 9.17) is 5.73 Å². The number of hydrogen-bond acceptors (Lipinski definition) is 4. The SMILES string of the molecule is Cc1ncc(/C=C\C(=O)N(CCC2CCCCC2)CC(N)=O)s1. The molecule has 2 rings (SSSR count). The van der Waals surface area contributed by atoms with Crippen molar-refractivity contribution in [2.45, 2.75) is 45.4 Å². The molecule has 1 aromatic rings. The third-order valence-electron chi connectivity index (χ3n) is 4.22. The molecule has 0 atom stereocenters. The normalized spacial score (nSPS) is 15.9. The molecular formula is C17H25N3O2S. The molecule has 23 heavy (non-hydrogen) atoms. The van der Waals surface area contributed by atoms with Crippen LogP contribution in [0.4, 0.5) is 0 Å². The smallest absolute Gasteiger partial charge is 0.247 e. The minimum Gasteiger partial charge on any atom is -0.368 e. The van der Waals surface area contributed by atoms with E-state index in [1.165, 1.54) is 49.5 Å². The highest BCUT2D eigenvalue weighted by Crippen LogP contribution is 2.26. The fourth-order valence-electron chi connectivity index (χ4n) is 2.98. The molecule has 0 aromatic carbocycles. The summed E-state index contributed by atoms with van der Waals surface area (Å²) in [6.07, 6.45) is 12.3.